The first-order valence-electron chi connectivity index (χ1n) is 6.56. The minimum atomic E-state index is -0.878. The molecule has 0 saturated heterocycles. The average Bonchev–Trinajstić information content (AvgIpc) is 2.34. The molecule has 1 unspecified atom stereocenters. The van der Waals surface area contributed by atoms with Gasteiger partial charge in [-0.3, -0.25) is 4.79 Å². The third-order valence-corrected chi connectivity index (χ3v) is 2.63. The minimum Gasteiger partial charge on any atom is -0.484 e. The fraction of sp³-hybridized carbons (Fsp3) is 0.533. The van der Waals surface area contributed by atoms with Crippen LogP contribution >= 0.6 is 0 Å². The Hall–Kier alpha value is -1.55. The van der Waals surface area contributed by atoms with Gasteiger partial charge in [-0.05, 0) is 31.4 Å². The standard InChI is InChI=1S/C15H23NO3/c1-12(2)9-15(3,18)11-16-14(17)10-19-13-7-5-4-6-8-13/h4-8,12,18H,9-11H2,1-3H3,(H,16,17). The molecule has 0 heterocycles. The third kappa shape index (κ3) is 6.82. The second-order valence-electron chi connectivity index (χ2n) is 5.47. The van der Waals surface area contributed by atoms with Gasteiger partial charge in [-0.2, -0.15) is 0 Å². The number of nitrogens with one attached hydrogen (secondary N) is 1. The number of hydrogen-bond acceptors (Lipinski definition) is 3. The number of hydrogen-bond donors (Lipinski definition) is 2. The van der Waals surface area contributed by atoms with Crippen LogP contribution in [-0.2, 0) is 4.79 Å². The lowest BCUT2D eigenvalue weighted by Crippen LogP contribution is -2.43. The van der Waals surface area contributed by atoms with Crippen molar-refractivity contribution < 1.29 is 14.6 Å². The van der Waals surface area contributed by atoms with E-state index in [0.717, 1.165) is 0 Å². The van der Waals surface area contributed by atoms with Gasteiger partial charge in [0.2, 0.25) is 0 Å². The molecule has 4 nitrogen and oxygen atoms in total. The zero-order chi connectivity index (χ0) is 14.3. The number of rotatable bonds is 7. The molecule has 1 atom stereocenters. The van der Waals surface area contributed by atoms with Crippen molar-refractivity contribution in [2.24, 2.45) is 5.92 Å². The number of aliphatic hydroxyl groups is 1. The highest BCUT2D eigenvalue weighted by molar-refractivity contribution is 5.77. The van der Waals surface area contributed by atoms with Crippen LogP contribution in [0.3, 0.4) is 0 Å². The fourth-order valence-corrected chi connectivity index (χ4v) is 1.96. The van der Waals surface area contributed by atoms with Crippen LogP contribution in [0.25, 0.3) is 0 Å². The molecular formula is C15H23NO3. The smallest absolute Gasteiger partial charge is 0.258 e. The van der Waals surface area contributed by atoms with Gasteiger partial charge in [0.25, 0.3) is 5.91 Å². The molecule has 0 aliphatic carbocycles. The summed E-state index contributed by atoms with van der Waals surface area (Å²) >= 11 is 0. The number of ether oxygens (including phenoxy) is 1. The lowest BCUT2D eigenvalue weighted by Gasteiger charge is -2.25. The van der Waals surface area contributed by atoms with Crippen molar-refractivity contribution in [2.75, 3.05) is 13.2 Å². The highest BCUT2D eigenvalue weighted by atomic mass is 16.5. The third-order valence-electron chi connectivity index (χ3n) is 2.63. The van der Waals surface area contributed by atoms with Gasteiger partial charge in [0, 0.05) is 6.54 Å². The summed E-state index contributed by atoms with van der Waals surface area (Å²) in [5.74, 6) is 0.812. The lowest BCUT2D eigenvalue weighted by atomic mass is 9.94. The molecule has 2 N–H and O–H groups in total. The SMILES string of the molecule is CC(C)CC(C)(O)CNC(=O)COc1ccccc1. The molecule has 0 bridgehead atoms. The molecule has 0 spiro atoms. The topological polar surface area (TPSA) is 58.6 Å². The van der Waals surface area contributed by atoms with Gasteiger partial charge < -0.3 is 15.2 Å². The number of amides is 1. The average molecular weight is 265 g/mol. The van der Waals surface area contributed by atoms with E-state index in [1.54, 1.807) is 19.1 Å². The summed E-state index contributed by atoms with van der Waals surface area (Å²) in [6.07, 6.45) is 0.646. The van der Waals surface area contributed by atoms with E-state index in [9.17, 15) is 9.90 Å². The van der Waals surface area contributed by atoms with Crippen molar-refractivity contribution in [3.8, 4) is 5.75 Å². The summed E-state index contributed by atoms with van der Waals surface area (Å²) < 4.78 is 5.32. The molecule has 4 heteroatoms. The van der Waals surface area contributed by atoms with Crippen LogP contribution in [0.1, 0.15) is 27.2 Å². The predicted molar refractivity (Wildman–Crippen MR) is 75.0 cm³/mol. The van der Waals surface area contributed by atoms with Gasteiger partial charge in [0.1, 0.15) is 5.75 Å². The Kier molecular flexibility index (Phi) is 5.83. The number of carbonyl (C=O) groups excluding carboxylic acids is 1. The van der Waals surface area contributed by atoms with Crippen molar-refractivity contribution in [3.05, 3.63) is 30.3 Å². The van der Waals surface area contributed by atoms with Crippen LogP contribution in [0.2, 0.25) is 0 Å². The molecule has 0 aromatic heterocycles. The Bertz CT molecular complexity index is 388. The van der Waals surface area contributed by atoms with Gasteiger partial charge in [0.15, 0.2) is 6.61 Å². The van der Waals surface area contributed by atoms with Crippen molar-refractivity contribution >= 4 is 5.91 Å². The molecule has 106 valence electrons. The molecule has 0 aliphatic heterocycles. The van der Waals surface area contributed by atoms with Crippen molar-refractivity contribution in [2.45, 2.75) is 32.8 Å². The normalized spacial score (nSPS) is 13.9. The quantitative estimate of drug-likeness (QED) is 0.792. The molecule has 0 radical (unpaired) electrons. The fourth-order valence-electron chi connectivity index (χ4n) is 1.96. The first kappa shape index (κ1) is 15.5. The van der Waals surface area contributed by atoms with Crippen LogP contribution in [-0.4, -0.2) is 29.8 Å². The first-order chi connectivity index (χ1) is 8.89. The predicted octanol–water partition coefficient (Wildman–Crippen LogP) is 1.98. The Morgan fingerprint density at radius 3 is 2.58 bits per heavy atom. The zero-order valence-corrected chi connectivity index (χ0v) is 11.8. The Morgan fingerprint density at radius 2 is 2.00 bits per heavy atom. The van der Waals surface area contributed by atoms with Crippen LogP contribution in [0.15, 0.2) is 30.3 Å². The van der Waals surface area contributed by atoms with Crippen LogP contribution in [0.5, 0.6) is 5.75 Å². The Labute approximate surface area is 114 Å². The summed E-state index contributed by atoms with van der Waals surface area (Å²) in [5, 5.41) is 12.7. The van der Waals surface area contributed by atoms with Crippen molar-refractivity contribution in [3.63, 3.8) is 0 Å². The number of carbonyl (C=O) groups is 1. The van der Waals surface area contributed by atoms with Gasteiger partial charge in [-0.1, -0.05) is 32.0 Å². The van der Waals surface area contributed by atoms with Crippen LogP contribution in [0, 0.1) is 5.92 Å². The summed E-state index contributed by atoms with van der Waals surface area (Å²) in [5.41, 5.74) is -0.878. The zero-order valence-electron chi connectivity index (χ0n) is 11.8. The molecule has 19 heavy (non-hydrogen) atoms. The van der Waals surface area contributed by atoms with Crippen molar-refractivity contribution in [1.82, 2.24) is 5.32 Å². The summed E-state index contributed by atoms with van der Waals surface area (Å²) in [4.78, 5) is 11.6. The number of para-hydroxylation sites is 1. The van der Waals surface area contributed by atoms with Crippen LogP contribution < -0.4 is 10.1 Å². The monoisotopic (exact) mass is 265 g/mol. The Morgan fingerprint density at radius 1 is 1.37 bits per heavy atom. The number of benzene rings is 1. The maximum atomic E-state index is 11.6. The molecule has 0 fully saturated rings. The first-order valence-corrected chi connectivity index (χ1v) is 6.56. The van der Waals surface area contributed by atoms with E-state index in [4.69, 9.17) is 4.74 Å². The van der Waals surface area contributed by atoms with Crippen molar-refractivity contribution in [1.29, 1.82) is 0 Å². The summed E-state index contributed by atoms with van der Waals surface area (Å²) in [7, 11) is 0. The maximum absolute atomic E-state index is 11.6. The van der Waals surface area contributed by atoms with E-state index in [1.807, 2.05) is 32.0 Å². The molecule has 1 aromatic carbocycles. The Balaban J connectivity index is 2.28. The molecule has 1 rings (SSSR count). The summed E-state index contributed by atoms with van der Waals surface area (Å²) in [6, 6.07) is 9.17. The molecule has 0 saturated carbocycles. The summed E-state index contributed by atoms with van der Waals surface area (Å²) in [6.45, 7) is 6.00. The van der Waals surface area contributed by atoms with Gasteiger partial charge in [-0.25, -0.2) is 0 Å². The van der Waals surface area contributed by atoms with E-state index in [2.05, 4.69) is 5.32 Å². The van der Waals surface area contributed by atoms with Gasteiger partial charge in [-0.15, -0.1) is 0 Å². The maximum Gasteiger partial charge on any atom is 0.258 e. The van der Waals surface area contributed by atoms with Gasteiger partial charge in [0.05, 0.1) is 5.60 Å². The minimum absolute atomic E-state index is 0.0399. The van der Waals surface area contributed by atoms with E-state index >= 15 is 0 Å². The van der Waals surface area contributed by atoms with Gasteiger partial charge >= 0.3 is 0 Å². The van der Waals surface area contributed by atoms with E-state index < -0.39 is 5.60 Å². The molecule has 0 aliphatic rings. The van der Waals surface area contributed by atoms with E-state index in [-0.39, 0.29) is 19.1 Å². The van der Waals surface area contributed by atoms with Crippen LogP contribution in [0.4, 0.5) is 0 Å². The molecule has 1 amide bonds. The van der Waals surface area contributed by atoms with E-state index in [0.29, 0.717) is 18.1 Å². The van der Waals surface area contributed by atoms with E-state index in [1.165, 1.54) is 0 Å². The highest BCUT2D eigenvalue weighted by Crippen LogP contribution is 2.15. The lowest BCUT2D eigenvalue weighted by molar-refractivity contribution is -0.124. The molecule has 1 aromatic rings. The highest BCUT2D eigenvalue weighted by Gasteiger charge is 2.22. The second kappa shape index (κ2) is 7.14. The molecular weight excluding hydrogens is 242 g/mol. The second-order valence-corrected chi connectivity index (χ2v) is 5.47. The largest absolute Gasteiger partial charge is 0.484 e.